The lowest BCUT2D eigenvalue weighted by Crippen LogP contribution is -2.31. The van der Waals surface area contributed by atoms with Gasteiger partial charge in [-0.2, -0.15) is 5.26 Å². The van der Waals surface area contributed by atoms with Gasteiger partial charge in [-0.1, -0.05) is 38.3 Å². The minimum atomic E-state index is -0.526. The molecule has 2 aromatic rings. The minimum absolute atomic E-state index is 0.000674. The molecule has 1 fully saturated rings. The van der Waals surface area contributed by atoms with Crippen LogP contribution in [-0.2, 0) is 0 Å². The zero-order valence-electron chi connectivity index (χ0n) is 16.9. The lowest BCUT2D eigenvalue weighted by atomic mass is 9.92. The molecule has 1 heterocycles. The first-order chi connectivity index (χ1) is 14.0. The summed E-state index contributed by atoms with van der Waals surface area (Å²) >= 11 is 0. The third-order valence-corrected chi connectivity index (χ3v) is 5.51. The number of pyridine rings is 1. The van der Waals surface area contributed by atoms with E-state index in [4.69, 9.17) is 4.74 Å². The minimum Gasteiger partial charge on any atom is -0.494 e. The van der Waals surface area contributed by atoms with Crippen LogP contribution in [0, 0.1) is 18.3 Å². The highest BCUT2D eigenvalue weighted by molar-refractivity contribution is 6.13. The van der Waals surface area contributed by atoms with Gasteiger partial charge in [0.2, 0.25) is 11.7 Å². The van der Waals surface area contributed by atoms with Crippen molar-refractivity contribution in [2.45, 2.75) is 58.4 Å². The van der Waals surface area contributed by atoms with Gasteiger partial charge in [-0.25, -0.2) is 0 Å². The Morgan fingerprint density at radius 1 is 1.28 bits per heavy atom. The van der Waals surface area contributed by atoms with E-state index >= 15 is 0 Å². The van der Waals surface area contributed by atoms with E-state index in [1.807, 2.05) is 13.0 Å². The molecule has 0 unspecified atom stereocenters. The number of para-hydroxylation sites is 1. The predicted octanol–water partition coefficient (Wildman–Crippen LogP) is 4.26. The molecular formula is C23H26N2O4. The van der Waals surface area contributed by atoms with Gasteiger partial charge in [0.1, 0.15) is 17.4 Å². The average Bonchev–Trinajstić information content (AvgIpc) is 2.73. The maximum Gasteiger partial charge on any atom is 0.271 e. The lowest BCUT2D eigenvalue weighted by Gasteiger charge is -2.26. The SMILES string of the molecule is CCCOc1ccccc1C(=O)c1c(C)c(C#N)c(=O)n(C2CCCCC2)c1O. The Hall–Kier alpha value is -3.07. The Bertz CT molecular complexity index is 1010. The van der Waals surface area contributed by atoms with Crippen LogP contribution in [0.15, 0.2) is 29.1 Å². The topological polar surface area (TPSA) is 92.3 Å². The van der Waals surface area contributed by atoms with Crippen molar-refractivity contribution in [1.82, 2.24) is 4.57 Å². The number of carbonyl (C=O) groups is 1. The van der Waals surface area contributed by atoms with Gasteiger partial charge in [-0.15, -0.1) is 0 Å². The van der Waals surface area contributed by atoms with Gasteiger partial charge in [0, 0.05) is 6.04 Å². The van der Waals surface area contributed by atoms with Crippen molar-refractivity contribution >= 4 is 5.78 Å². The number of hydrogen-bond acceptors (Lipinski definition) is 5. The summed E-state index contributed by atoms with van der Waals surface area (Å²) in [4.78, 5) is 26.3. The molecule has 0 aliphatic heterocycles. The molecule has 1 saturated carbocycles. The number of ether oxygens (including phenoxy) is 1. The Morgan fingerprint density at radius 3 is 2.62 bits per heavy atom. The molecule has 0 spiro atoms. The van der Waals surface area contributed by atoms with E-state index in [2.05, 4.69) is 0 Å². The summed E-state index contributed by atoms with van der Waals surface area (Å²) in [6.07, 6.45) is 5.25. The summed E-state index contributed by atoms with van der Waals surface area (Å²) in [7, 11) is 0. The van der Waals surface area contributed by atoms with E-state index < -0.39 is 11.3 Å². The van der Waals surface area contributed by atoms with Gasteiger partial charge in [-0.05, 0) is 43.9 Å². The van der Waals surface area contributed by atoms with Crippen LogP contribution in [0.3, 0.4) is 0 Å². The molecular weight excluding hydrogens is 368 g/mol. The number of carbonyl (C=O) groups excluding carboxylic acids is 1. The second-order valence-electron chi connectivity index (χ2n) is 7.45. The average molecular weight is 394 g/mol. The highest BCUT2D eigenvalue weighted by atomic mass is 16.5. The van der Waals surface area contributed by atoms with Crippen molar-refractivity contribution in [1.29, 1.82) is 5.26 Å². The molecule has 1 aromatic heterocycles. The number of benzene rings is 1. The molecule has 1 aliphatic carbocycles. The third-order valence-electron chi connectivity index (χ3n) is 5.51. The fourth-order valence-corrected chi connectivity index (χ4v) is 4.00. The summed E-state index contributed by atoms with van der Waals surface area (Å²) in [6.45, 7) is 3.97. The molecule has 3 rings (SSSR count). The normalized spacial score (nSPS) is 14.4. The third kappa shape index (κ3) is 3.91. The first-order valence-corrected chi connectivity index (χ1v) is 10.2. The zero-order chi connectivity index (χ0) is 21.0. The van der Waals surface area contributed by atoms with E-state index in [9.17, 15) is 20.0 Å². The molecule has 6 nitrogen and oxygen atoms in total. The van der Waals surface area contributed by atoms with Gasteiger partial charge in [0.05, 0.1) is 17.7 Å². The van der Waals surface area contributed by atoms with Crippen LogP contribution in [0.25, 0.3) is 0 Å². The molecule has 0 amide bonds. The van der Waals surface area contributed by atoms with E-state index in [1.54, 1.807) is 24.3 Å². The molecule has 0 atom stereocenters. The highest BCUT2D eigenvalue weighted by Crippen LogP contribution is 2.34. The molecule has 29 heavy (non-hydrogen) atoms. The van der Waals surface area contributed by atoms with Gasteiger partial charge < -0.3 is 9.84 Å². The van der Waals surface area contributed by atoms with Crippen LogP contribution in [0.1, 0.15) is 78.5 Å². The summed E-state index contributed by atoms with van der Waals surface area (Å²) in [5.41, 5.74) is -0.112. The number of hydrogen-bond donors (Lipinski definition) is 1. The number of aromatic nitrogens is 1. The summed E-state index contributed by atoms with van der Waals surface area (Å²) in [6, 6.07) is 8.57. The number of nitrogens with zero attached hydrogens (tertiary/aromatic N) is 2. The van der Waals surface area contributed by atoms with Crippen LogP contribution in [-0.4, -0.2) is 22.1 Å². The van der Waals surface area contributed by atoms with Crippen LogP contribution >= 0.6 is 0 Å². The van der Waals surface area contributed by atoms with E-state index in [0.29, 0.717) is 17.9 Å². The molecule has 1 aromatic carbocycles. The maximum atomic E-state index is 13.4. The van der Waals surface area contributed by atoms with E-state index in [-0.39, 0.29) is 28.6 Å². The van der Waals surface area contributed by atoms with E-state index in [1.165, 1.54) is 11.5 Å². The van der Waals surface area contributed by atoms with Gasteiger partial charge in [0.25, 0.3) is 5.56 Å². The predicted molar refractivity (Wildman–Crippen MR) is 110 cm³/mol. The quantitative estimate of drug-likeness (QED) is 0.739. The van der Waals surface area contributed by atoms with Crippen LogP contribution in [0.2, 0.25) is 0 Å². The van der Waals surface area contributed by atoms with Crippen molar-refractivity contribution in [3.8, 4) is 17.7 Å². The zero-order valence-corrected chi connectivity index (χ0v) is 16.9. The van der Waals surface area contributed by atoms with Crippen LogP contribution < -0.4 is 10.3 Å². The standard InChI is InChI=1S/C23H26N2O4/c1-3-13-29-19-12-8-7-11-17(19)21(26)20-15(2)18(14-24)22(27)25(23(20)28)16-9-5-4-6-10-16/h7-8,11-12,16,28H,3-6,9-10,13H2,1-2H3. The second kappa shape index (κ2) is 8.95. The van der Waals surface area contributed by atoms with Crippen molar-refractivity contribution in [2.24, 2.45) is 0 Å². The Labute approximate surface area is 170 Å². The number of aromatic hydroxyl groups is 1. The highest BCUT2D eigenvalue weighted by Gasteiger charge is 2.29. The largest absolute Gasteiger partial charge is 0.494 e. The molecule has 6 heteroatoms. The summed E-state index contributed by atoms with van der Waals surface area (Å²) in [5, 5.41) is 20.6. The fourth-order valence-electron chi connectivity index (χ4n) is 4.00. The first-order valence-electron chi connectivity index (χ1n) is 10.2. The first kappa shape index (κ1) is 20.7. The van der Waals surface area contributed by atoms with Crippen LogP contribution in [0.4, 0.5) is 0 Å². The van der Waals surface area contributed by atoms with Crippen molar-refractivity contribution in [3.05, 3.63) is 56.9 Å². The molecule has 0 saturated heterocycles. The fraction of sp³-hybridized carbons (Fsp3) is 0.435. The molecule has 0 bridgehead atoms. The second-order valence-corrected chi connectivity index (χ2v) is 7.45. The van der Waals surface area contributed by atoms with E-state index in [0.717, 1.165) is 38.5 Å². The summed E-state index contributed by atoms with van der Waals surface area (Å²) < 4.78 is 6.96. The van der Waals surface area contributed by atoms with Crippen LogP contribution in [0.5, 0.6) is 11.6 Å². The van der Waals surface area contributed by atoms with Gasteiger partial charge in [-0.3, -0.25) is 14.2 Å². The molecule has 152 valence electrons. The monoisotopic (exact) mass is 394 g/mol. The lowest BCUT2D eigenvalue weighted by molar-refractivity contribution is 0.102. The Kier molecular flexibility index (Phi) is 6.38. The maximum absolute atomic E-state index is 13.4. The van der Waals surface area contributed by atoms with Gasteiger partial charge >= 0.3 is 0 Å². The number of ketones is 1. The van der Waals surface area contributed by atoms with Crippen molar-refractivity contribution in [2.75, 3.05) is 6.61 Å². The van der Waals surface area contributed by atoms with Gasteiger partial charge in [0.15, 0.2) is 0 Å². The molecule has 1 aliphatic rings. The Balaban J connectivity index is 2.18. The summed E-state index contributed by atoms with van der Waals surface area (Å²) in [5.74, 6) is -0.381. The van der Waals surface area contributed by atoms with Crippen molar-refractivity contribution in [3.63, 3.8) is 0 Å². The number of rotatable bonds is 6. The van der Waals surface area contributed by atoms with Crippen molar-refractivity contribution < 1.29 is 14.6 Å². The smallest absolute Gasteiger partial charge is 0.271 e. The molecule has 0 radical (unpaired) electrons. The number of nitriles is 1. The molecule has 1 N–H and O–H groups in total. The Morgan fingerprint density at radius 2 is 1.97 bits per heavy atom.